The van der Waals surface area contributed by atoms with E-state index in [0.717, 1.165) is 19.6 Å². The van der Waals surface area contributed by atoms with Gasteiger partial charge in [-0.25, -0.2) is 13.2 Å². The van der Waals surface area contributed by atoms with Crippen molar-refractivity contribution in [1.29, 1.82) is 0 Å². The molecule has 3 aliphatic heterocycles. The number of nitrogens with zero attached hydrogens (tertiary/aromatic N) is 8. The molecule has 3 aliphatic rings. The number of allylic oxidation sites excluding steroid dienone is 2. The fraction of sp³-hybridized carbons (Fsp3) is 0.788. The summed E-state index contributed by atoms with van der Waals surface area (Å²) < 4.78 is 30.5. The van der Waals surface area contributed by atoms with Crippen LogP contribution in [0.1, 0.15) is 142 Å². The van der Waals surface area contributed by atoms with Gasteiger partial charge in [0.15, 0.2) is 9.84 Å². The Hall–Kier alpha value is -6.95. The number of ether oxygens (including phenoxy) is 1. The van der Waals surface area contributed by atoms with E-state index < -0.39 is 197 Å². The lowest BCUT2D eigenvalue weighted by Gasteiger charge is -2.41. The van der Waals surface area contributed by atoms with Gasteiger partial charge >= 0.3 is 6.09 Å². The lowest BCUT2D eigenvalue weighted by atomic mass is 9.91. The van der Waals surface area contributed by atoms with Crippen molar-refractivity contribution in [1.82, 2.24) is 60.5 Å². The molecule has 30 heteroatoms. The molecule has 0 aromatic heterocycles. The molecule has 0 aromatic rings. The summed E-state index contributed by atoms with van der Waals surface area (Å²) in [6.45, 7) is 23.4. The van der Waals surface area contributed by atoms with Crippen LogP contribution in [0.2, 0.25) is 0 Å². The number of aliphatic hydroxyl groups excluding tert-OH is 2. The molecular formula is C66H114N12O17S. The number of hydrogen-bond acceptors (Lipinski definition) is 17. The number of fused-ring (bicyclic) bond motifs is 1. The van der Waals surface area contributed by atoms with Crippen LogP contribution in [-0.4, -0.2) is 288 Å². The molecule has 3 fully saturated rings. The van der Waals surface area contributed by atoms with Crippen molar-refractivity contribution in [3.05, 3.63) is 12.2 Å². The fourth-order valence-electron chi connectivity index (χ4n) is 12.4. The van der Waals surface area contributed by atoms with E-state index in [1.54, 1.807) is 74.5 Å². The molecule has 1 unspecified atom stereocenters. The van der Waals surface area contributed by atoms with Crippen molar-refractivity contribution in [2.24, 2.45) is 35.5 Å². The SMILES string of the molecule is C/C=C/C[C@@H](C)[C@@H](O)[C@H]1C(=O)N[C@@H](CC)C(=O)N2CC(OC(=O)N3CCS(=O)(=O)CC3)C[C@@H]2C(=O)N(C)[C@@H](CO)C(=O)N[C@@H](C(C)C)C(=O)N(C)[C@@H](CC(C)C)C(=O)N[C@@H](C)C(=O)N[C@H](C)C(=O)N(C)[C@@H](CC(C)C)C(=O)N(C)[C@@H](CC(C)C)C(=O)N(C)[C@@H](C(C)C)C(=O)N1C. The second-order valence-corrected chi connectivity index (χ2v) is 30.6. The lowest BCUT2D eigenvalue weighted by Crippen LogP contribution is -2.64. The highest BCUT2D eigenvalue weighted by molar-refractivity contribution is 7.91. The number of amides is 12. The average Bonchev–Trinajstić information content (AvgIpc) is 1.39. The summed E-state index contributed by atoms with van der Waals surface area (Å²) in [5.74, 6) is -12.4. The Morgan fingerprint density at radius 3 is 1.52 bits per heavy atom. The van der Waals surface area contributed by atoms with Gasteiger partial charge in [0, 0.05) is 61.8 Å². The minimum absolute atomic E-state index is 0.0679. The number of hydrogen-bond donors (Lipinski definition) is 6. The van der Waals surface area contributed by atoms with Crippen LogP contribution in [0.15, 0.2) is 12.2 Å². The molecule has 3 rings (SSSR count). The Balaban J connectivity index is 2.38. The zero-order chi connectivity index (χ0) is 73.5. The molecule has 14 atom stereocenters. The van der Waals surface area contributed by atoms with Crippen LogP contribution >= 0.6 is 0 Å². The van der Waals surface area contributed by atoms with Crippen LogP contribution < -0.4 is 21.3 Å². The van der Waals surface area contributed by atoms with Gasteiger partial charge in [0.2, 0.25) is 65.0 Å². The van der Waals surface area contributed by atoms with Gasteiger partial charge in [-0.1, -0.05) is 95.2 Å². The first-order valence-electron chi connectivity index (χ1n) is 33.7. The highest BCUT2D eigenvalue weighted by atomic mass is 32.2. The third kappa shape index (κ3) is 21.5. The van der Waals surface area contributed by atoms with Crippen LogP contribution in [0.3, 0.4) is 0 Å². The Bertz CT molecular complexity index is 2900. The smallest absolute Gasteiger partial charge is 0.410 e. The maximum absolute atomic E-state index is 15.4. The molecule has 0 saturated carbocycles. The van der Waals surface area contributed by atoms with Crippen molar-refractivity contribution in [3.8, 4) is 0 Å². The zero-order valence-electron chi connectivity index (χ0n) is 60.6. The Morgan fingerprint density at radius 1 is 0.562 bits per heavy atom. The Morgan fingerprint density at radius 2 is 1.03 bits per heavy atom. The van der Waals surface area contributed by atoms with E-state index in [4.69, 9.17) is 4.74 Å². The van der Waals surface area contributed by atoms with Gasteiger partial charge in [0.05, 0.1) is 30.8 Å². The molecule has 12 amide bonds. The van der Waals surface area contributed by atoms with Crippen molar-refractivity contribution >= 4 is 80.9 Å². The van der Waals surface area contributed by atoms with E-state index >= 15 is 28.8 Å². The van der Waals surface area contributed by atoms with Gasteiger partial charge in [0.25, 0.3) is 0 Å². The standard InChI is InChI=1S/C66H114N12O17S/c1-22-24-25-41(13)54(80)53-58(84)69-45(23-2)60(86)78-34-44(95-66(92)77-26-28-96(93,94)29-27-77)33-49(78)63(89)74(19)50(35-79)57(83)70-51(39(9)10)64(90)71(16)46(30-36(3)4)56(82)67-42(14)55(81)68-43(15)59(85)72(17)47(31-37(5)6)61(87)73(18)48(32-38(7)8)62(88)75(20)52(40(11)12)65(91)76(53)21/h22,24,36-54,79-80H,23,25-35H2,1-21H3,(H,67,82)(H,68,81)(H,69,84)(H,70,83)/b24-22+/t41-,42+,43-,44?,45+,46+,47+,48+,49-,50+,51+,52+,53+,54-/m1/s1. The second-order valence-electron chi connectivity index (χ2n) is 28.3. The van der Waals surface area contributed by atoms with Crippen molar-refractivity contribution in [2.75, 3.05) is 80.0 Å². The largest absolute Gasteiger partial charge is 0.444 e. The summed E-state index contributed by atoms with van der Waals surface area (Å²) in [5.41, 5.74) is 0. The highest BCUT2D eigenvalue weighted by Gasteiger charge is 2.49. The molecule has 6 N–H and O–H groups in total. The number of aliphatic hydroxyl groups is 2. The monoisotopic (exact) mass is 1380 g/mol. The first-order valence-corrected chi connectivity index (χ1v) is 35.5. The number of sulfone groups is 1. The molecule has 0 radical (unpaired) electrons. The summed E-state index contributed by atoms with van der Waals surface area (Å²) in [7, 11) is 4.59. The molecule has 0 spiro atoms. The number of carbonyl (C=O) groups excluding carboxylic acids is 12. The van der Waals surface area contributed by atoms with Gasteiger partial charge in [-0.05, 0) is 88.4 Å². The van der Waals surface area contributed by atoms with Crippen molar-refractivity contribution in [2.45, 2.75) is 221 Å². The van der Waals surface area contributed by atoms with Gasteiger partial charge in [0.1, 0.15) is 72.6 Å². The quantitative estimate of drug-likeness (QED) is 0.122. The molecule has 96 heavy (non-hydrogen) atoms. The molecule has 3 saturated heterocycles. The van der Waals surface area contributed by atoms with E-state index in [2.05, 4.69) is 21.3 Å². The van der Waals surface area contributed by atoms with Gasteiger partial charge in [-0.15, -0.1) is 0 Å². The summed E-state index contributed by atoms with van der Waals surface area (Å²) >= 11 is 0. The third-order valence-electron chi connectivity index (χ3n) is 18.5. The third-order valence-corrected chi connectivity index (χ3v) is 20.1. The average molecular weight is 1380 g/mol. The number of rotatable bonds is 15. The van der Waals surface area contributed by atoms with Crippen molar-refractivity contribution < 1.29 is 80.9 Å². The maximum Gasteiger partial charge on any atom is 0.410 e. The normalized spacial score (nSPS) is 28.7. The first kappa shape index (κ1) is 83.3. The summed E-state index contributed by atoms with van der Waals surface area (Å²) in [5, 5.41) is 33.9. The van der Waals surface area contributed by atoms with E-state index in [9.17, 15) is 47.4 Å². The summed E-state index contributed by atoms with van der Waals surface area (Å²) in [4.78, 5) is 186. The minimum atomic E-state index is -3.44. The van der Waals surface area contributed by atoms with Gasteiger partial charge in [-0.2, -0.15) is 0 Å². The minimum Gasteiger partial charge on any atom is -0.444 e. The van der Waals surface area contributed by atoms with Gasteiger partial charge in [-0.3, -0.25) is 52.7 Å². The van der Waals surface area contributed by atoms with E-state index in [0.29, 0.717) is 0 Å². The van der Waals surface area contributed by atoms with E-state index in [-0.39, 0.29) is 74.5 Å². The van der Waals surface area contributed by atoms with Crippen LogP contribution in [-0.2, 0) is 67.3 Å². The first-order chi connectivity index (χ1) is 44.5. The molecular weight excluding hydrogens is 1260 g/mol. The predicted molar refractivity (Wildman–Crippen MR) is 359 cm³/mol. The Labute approximate surface area is 568 Å². The molecule has 0 aromatic carbocycles. The predicted octanol–water partition coefficient (Wildman–Crippen LogP) is 0.593. The van der Waals surface area contributed by atoms with E-state index in [1.807, 2.05) is 27.7 Å². The molecule has 3 heterocycles. The number of carbonyl (C=O) groups is 12. The van der Waals surface area contributed by atoms with Crippen LogP contribution in [0, 0.1) is 35.5 Å². The maximum atomic E-state index is 15.4. The second kappa shape index (κ2) is 36.6. The molecule has 546 valence electrons. The lowest BCUT2D eigenvalue weighted by molar-refractivity contribution is -0.157. The van der Waals surface area contributed by atoms with Crippen molar-refractivity contribution in [3.63, 3.8) is 0 Å². The summed E-state index contributed by atoms with van der Waals surface area (Å²) in [6.07, 6.45) is -0.375. The highest BCUT2D eigenvalue weighted by Crippen LogP contribution is 2.29. The Kier molecular flexibility index (Phi) is 31.7. The van der Waals surface area contributed by atoms with Crippen LogP contribution in [0.5, 0.6) is 0 Å². The summed E-state index contributed by atoms with van der Waals surface area (Å²) in [6, 6.07) is -15.6. The molecule has 0 bridgehead atoms. The van der Waals surface area contributed by atoms with Crippen LogP contribution in [0.4, 0.5) is 4.79 Å². The van der Waals surface area contributed by atoms with Crippen LogP contribution in [0.25, 0.3) is 0 Å². The van der Waals surface area contributed by atoms with E-state index in [1.165, 1.54) is 75.7 Å². The topological polar surface area (TPSA) is 363 Å². The molecule has 0 aliphatic carbocycles. The number of likely N-dealkylation sites (N-methyl/N-ethyl adjacent to an activating group) is 6. The zero-order valence-corrected chi connectivity index (χ0v) is 61.4. The van der Waals surface area contributed by atoms with Gasteiger partial charge < -0.3 is 75.4 Å². The fourth-order valence-corrected chi connectivity index (χ4v) is 13.6. The molecule has 29 nitrogen and oxygen atoms in total. The number of nitrogens with one attached hydrogen (secondary N) is 4.